The minimum absolute atomic E-state index is 0.193. The second-order valence-corrected chi connectivity index (χ2v) is 11.1. The second kappa shape index (κ2) is 11.2. The largest absolute Gasteiger partial charge is 0.455 e. The van der Waals surface area contributed by atoms with Crippen LogP contribution in [0.5, 0.6) is 0 Å². The summed E-state index contributed by atoms with van der Waals surface area (Å²) in [7, 11) is -3.68. The first-order valence-corrected chi connectivity index (χ1v) is 13.9. The van der Waals surface area contributed by atoms with Gasteiger partial charge in [0.1, 0.15) is 11.3 Å². The lowest BCUT2D eigenvalue weighted by Crippen LogP contribution is -2.40. The van der Waals surface area contributed by atoms with Crippen molar-refractivity contribution in [2.24, 2.45) is 5.10 Å². The van der Waals surface area contributed by atoms with Crippen LogP contribution in [0.4, 0.5) is 11.4 Å². The molecule has 2 N–H and O–H groups in total. The van der Waals surface area contributed by atoms with Crippen molar-refractivity contribution >= 4 is 55.4 Å². The van der Waals surface area contributed by atoms with Gasteiger partial charge < -0.3 is 24.1 Å². The minimum atomic E-state index is -3.68. The van der Waals surface area contributed by atoms with Crippen molar-refractivity contribution in [2.75, 3.05) is 62.8 Å². The maximum Gasteiger partial charge on any atom is 0.243 e. The lowest BCUT2D eigenvalue weighted by molar-refractivity contribution is 0.0730. The summed E-state index contributed by atoms with van der Waals surface area (Å²) in [5, 5.41) is 8.73. The van der Waals surface area contributed by atoms with Crippen molar-refractivity contribution in [3.05, 3.63) is 54.3 Å². The van der Waals surface area contributed by atoms with Crippen LogP contribution in [-0.2, 0) is 19.5 Å². The van der Waals surface area contributed by atoms with Gasteiger partial charge in [-0.15, -0.1) is 0 Å². The molecule has 0 saturated carbocycles. The second-order valence-electron chi connectivity index (χ2n) is 8.71. The van der Waals surface area contributed by atoms with Crippen LogP contribution >= 0.6 is 12.2 Å². The maximum absolute atomic E-state index is 13.3. The van der Waals surface area contributed by atoms with Crippen LogP contribution in [0.3, 0.4) is 0 Å². The average molecular weight is 544 g/mol. The zero-order valence-electron chi connectivity index (χ0n) is 20.5. The molecule has 0 unspecified atom stereocenters. The zero-order chi connectivity index (χ0) is 25.8. The van der Waals surface area contributed by atoms with Crippen molar-refractivity contribution in [3.8, 4) is 0 Å². The predicted octanol–water partition coefficient (Wildman–Crippen LogP) is 3.00. The molecule has 2 saturated heterocycles. The van der Waals surface area contributed by atoms with E-state index in [4.69, 9.17) is 26.1 Å². The highest BCUT2D eigenvalue weighted by molar-refractivity contribution is 7.89. The molecule has 2 aromatic carbocycles. The fraction of sp³-hybridized carbons (Fsp3) is 0.360. The molecule has 0 atom stereocenters. The highest BCUT2D eigenvalue weighted by atomic mass is 32.2. The number of hydrazone groups is 1. The van der Waals surface area contributed by atoms with Gasteiger partial charge in [0, 0.05) is 31.6 Å². The van der Waals surface area contributed by atoms with Gasteiger partial charge in [-0.25, -0.2) is 8.42 Å². The summed E-state index contributed by atoms with van der Waals surface area (Å²) < 4.78 is 44.7. The number of para-hydroxylation sites is 1. The SMILES string of the molecule is C/C(=N\NC(=S)Nc1cc(S(=O)(=O)N2CCOCC2)ccc1N1CCOCC1)c1cc2ccccc2o1. The van der Waals surface area contributed by atoms with Crippen LogP contribution in [0.25, 0.3) is 11.0 Å². The van der Waals surface area contributed by atoms with Gasteiger partial charge in [-0.3, -0.25) is 5.43 Å². The fourth-order valence-electron chi connectivity index (χ4n) is 4.29. The number of hydrogen-bond donors (Lipinski definition) is 2. The van der Waals surface area contributed by atoms with Crippen LogP contribution < -0.4 is 15.6 Å². The number of anilines is 2. The Kier molecular flexibility index (Phi) is 7.72. The summed E-state index contributed by atoms with van der Waals surface area (Å²) in [5.74, 6) is 0.629. The first kappa shape index (κ1) is 25.6. The number of benzene rings is 2. The molecular formula is C25H29N5O5S2. The molecule has 0 aliphatic carbocycles. The van der Waals surface area contributed by atoms with E-state index in [-0.39, 0.29) is 10.0 Å². The van der Waals surface area contributed by atoms with E-state index in [2.05, 4.69) is 20.7 Å². The van der Waals surface area contributed by atoms with E-state index in [1.54, 1.807) is 12.1 Å². The minimum Gasteiger partial charge on any atom is -0.455 e. The van der Waals surface area contributed by atoms with Gasteiger partial charge in [0.2, 0.25) is 10.0 Å². The summed E-state index contributed by atoms with van der Waals surface area (Å²) in [6.07, 6.45) is 0. The Morgan fingerprint density at radius 1 is 0.973 bits per heavy atom. The summed E-state index contributed by atoms with van der Waals surface area (Å²) in [6.45, 7) is 5.80. The molecule has 10 nitrogen and oxygen atoms in total. The molecule has 0 radical (unpaired) electrons. The Hall–Kier alpha value is -3.03. The first-order chi connectivity index (χ1) is 17.9. The number of morpholine rings is 2. The van der Waals surface area contributed by atoms with Crippen LogP contribution in [0.15, 0.2) is 62.9 Å². The van der Waals surface area contributed by atoms with E-state index in [0.29, 0.717) is 69.8 Å². The van der Waals surface area contributed by atoms with Crippen molar-refractivity contribution in [1.29, 1.82) is 0 Å². The number of nitrogens with zero attached hydrogens (tertiary/aromatic N) is 3. The third kappa shape index (κ3) is 5.78. The highest BCUT2D eigenvalue weighted by Crippen LogP contribution is 2.31. The lowest BCUT2D eigenvalue weighted by atomic mass is 10.2. The molecule has 0 spiro atoms. The van der Waals surface area contributed by atoms with E-state index in [1.165, 1.54) is 4.31 Å². The topological polar surface area (TPSA) is 109 Å². The number of nitrogens with one attached hydrogen (secondary N) is 2. The third-order valence-electron chi connectivity index (χ3n) is 6.28. The molecule has 196 valence electrons. The molecule has 2 aliphatic rings. The summed E-state index contributed by atoms with van der Waals surface area (Å²) in [5.41, 5.74) is 5.67. The number of ether oxygens (including phenoxy) is 2. The first-order valence-electron chi connectivity index (χ1n) is 12.1. The Morgan fingerprint density at radius 2 is 1.68 bits per heavy atom. The number of rotatable bonds is 6. The van der Waals surface area contributed by atoms with Crippen molar-refractivity contribution < 1.29 is 22.3 Å². The summed E-state index contributed by atoms with van der Waals surface area (Å²) in [4.78, 5) is 2.33. The molecule has 3 heterocycles. The smallest absolute Gasteiger partial charge is 0.243 e. The van der Waals surface area contributed by atoms with E-state index in [9.17, 15) is 8.42 Å². The Morgan fingerprint density at radius 3 is 2.41 bits per heavy atom. The highest BCUT2D eigenvalue weighted by Gasteiger charge is 2.28. The van der Waals surface area contributed by atoms with Crippen molar-refractivity contribution in [3.63, 3.8) is 0 Å². The lowest BCUT2D eigenvalue weighted by Gasteiger charge is -2.31. The standard InChI is InChI=1S/C25H29N5O5S2/c1-18(24-16-19-4-2-3-5-23(19)35-24)27-28-25(36)26-21-17-20(37(31,32)30-10-14-34-15-11-30)6-7-22(21)29-8-12-33-13-9-29/h2-7,16-17H,8-15H2,1H3,(H2,26,28,36)/b27-18+. The molecule has 2 aliphatic heterocycles. The zero-order valence-corrected chi connectivity index (χ0v) is 22.1. The number of fused-ring (bicyclic) bond motifs is 1. The van der Waals surface area contributed by atoms with Crippen molar-refractivity contribution in [1.82, 2.24) is 9.73 Å². The Bertz CT molecular complexity index is 1380. The quantitative estimate of drug-likeness (QED) is 0.276. The van der Waals surface area contributed by atoms with Gasteiger partial charge in [0.15, 0.2) is 10.9 Å². The number of furan rings is 1. The average Bonchev–Trinajstić information content (AvgIpc) is 3.37. The Balaban J connectivity index is 1.37. The molecule has 12 heteroatoms. The number of sulfonamides is 1. The Labute approximate surface area is 221 Å². The van der Waals surface area contributed by atoms with Gasteiger partial charge in [0.25, 0.3) is 0 Å². The van der Waals surface area contributed by atoms with Crippen LogP contribution in [0, 0.1) is 0 Å². The molecule has 0 amide bonds. The van der Waals surface area contributed by atoms with Gasteiger partial charge in [-0.1, -0.05) is 18.2 Å². The number of hydrogen-bond acceptors (Lipinski definition) is 8. The predicted molar refractivity (Wildman–Crippen MR) is 147 cm³/mol. The monoisotopic (exact) mass is 543 g/mol. The van der Waals surface area contributed by atoms with Crippen LogP contribution in [-0.4, -0.2) is 76.2 Å². The summed E-state index contributed by atoms with van der Waals surface area (Å²) >= 11 is 5.51. The molecule has 2 fully saturated rings. The van der Waals surface area contributed by atoms with E-state index >= 15 is 0 Å². The van der Waals surface area contributed by atoms with Gasteiger partial charge in [-0.2, -0.15) is 9.41 Å². The van der Waals surface area contributed by atoms with Gasteiger partial charge in [-0.05, 0) is 49.5 Å². The van der Waals surface area contributed by atoms with E-state index in [0.717, 1.165) is 16.7 Å². The molecule has 3 aromatic rings. The molecule has 0 bridgehead atoms. The fourth-order valence-corrected chi connectivity index (χ4v) is 5.88. The van der Waals surface area contributed by atoms with E-state index in [1.807, 2.05) is 43.3 Å². The van der Waals surface area contributed by atoms with Crippen molar-refractivity contribution in [2.45, 2.75) is 11.8 Å². The molecule has 37 heavy (non-hydrogen) atoms. The number of thiocarbonyl (C=S) groups is 1. The third-order valence-corrected chi connectivity index (χ3v) is 8.37. The molecule has 1 aromatic heterocycles. The normalized spacial score (nSPS) is 17.6. The van der Waals surface area contributed by atoms with Gasteiger partial charge in [0.05, 0.1) is 42.7 Å². The summed E-state index contributed by atoms with van der Waals surface area (Å²) in [6, 6.07) is 14.7. The molecular weight excluding hydrogens is 514 g/mol. The molecule has 5 rings (SSSR count). The van der Waals surface area contributed by atoms with E-state index < -0.39 is 10.0 Å². The van der Waals surface area contributed by atoms with Crippen LogP contribution in [0.2, 0.25) is 0 Å². The van der Waals surface area contributed by atoms with Gasteiger partial charge >= 0.3 is 0 Å². The maximum atomic E-state index is 13.3. The van der Waals surface area contributed by atoms with Crippen LogP contribution in [0.1, 0.15) is 12.7 Å².